The summed E-state index contributed by atoms with van der Waals surface area (Å²) in [6.45, 7) is 9.46. The molecule has 2 aromatic carbocycles. The Labute approximate surface area is 190 Å². The number of benzene rings is 2. The fourth-order valence-electron chi connectivity index (χ4n) is 3.02. The Morgan fingerprint density at radius 2 is 1.57 bits per heavy atom. The van der Waals surface area contributed by atoms with Crippen LogP contribution in [0.2, 0.25) is 0 Å². The van der Waals surface area contributed by atoms with Crippen LogP contribution in [0.3, 0.4) is 0 Å². The number of ether oxygens (including phenoxy) is 1. The molecule has 0 spiro atoms. The fraction of sp³-hybridized carbons (Fsp3) is 0.364. The third-order valence-electron chi connectivity index (χ3n) is 4.65. The van der Waals surface area contributed by atoms with Crippen LogP contribution in [0.15, 0.2) is 48.5 Å². The number of halogens is 1. The highest BCUT2D eigenvalue weighted by Gasteiger charge is 2.16. The minimum Gasteiger partial charge on any atom is -0.491 e. The summed E-state index contributed by atoms with van der Waals surface area (Å²) in [5.41, 5.74) is 2.68. The molecule has 7 nitrogen and oxygen atoms in total. The maximum atomic E-state index is 9.10. The van der Waals surface area contributed by atoms with Crippen LogP contribution in [-0.2, 0) is 16.1 Å². The zero-order valence-corrected chi connectivity index (χ0v) is 19.1. The third kappa shape index (κ3) is 8.68. The van der Waals surface area contributed by atoms with Gasteiger partial charge in [-0.05, 0) is 52.8 Å². The Kier molecular flexibility index (Phi) is 10.0. The van der Waals surface area contributed by atoms with Crippen LogP contribution in [0.1, 0.15) is 11.1 Å². The lowest BCUT2D eigenvalue weighted by Gasteiger charge is -2.34. The van der Waals surface area contributed by atoms with E-state index in [1.165, 1.54) is 14.7 Å². The molecule has 0 atom stereocenters. The molecule has 162 valence electrons. The van der Waals surface area contributed by atoms with E-state index >= 15 is 0 Å². The van der Waals surface area contributed by atoms with Gasteiger partial charge in [0.2, 0.25) is 0 Å². The van der Waals surface area contributed by atoms with E-state index < -0.39 is 11.9 Å². The Bertz CT molecular complexity index is 812. The zero-order valence-electron chi connectivity index (χ0n) is 17.0. The summed E-state index contributed by atoms with van der Waals surface area (Å²) in [5.74, 6) is -2.64. The predicted octanol–water partition coefficient (Wildman–Crippen LogP) is 2.95. The van der Waals surface area contributed by atoms with Gasteiger partial charge in [-0.3, -0.25) is 9.80 Å². The first-order chi connectivity index (χ1) is 14.3. The number of carboxylic acids is 2. The Balaban J connectivity index is 0.000000469. The number of nitrogens with zero attached hydrogens (tertiary/aromatic N) is 2. The zero-order chi connectivity index (χ0) is 21.9. The van der Waals surface area contributed by atoms with Gasteiger partial charge in [0.1, 0.15) is 12.4 Å². The van der Waals surface area contributed by atoms with Gasteiger partial charge < -0.3 is 14.9 Å². The van der Waals surface area contributed by atoms with Crippen molar-refractivity contribution in [3.05, 3.63) is 63.2 Å². The quantitative estimate of drug-likeness (QED) is 0.442. The van der Waals surface area contributed by atoms with Crippen LogP contribution in [-0.4, -0.2) is 71.3 Å². The van der Waals surface area contributed by atoms with Crippen molar-refractivity contribution >= 4 is 34.5 Å². The monoisotopic (exact) mass is 526 g/mol. The second-order valence-corrected chi connectivity index (χ2v) is 8.16. The molecule has 0 radical (unpaired) electrons. The summed E-state index contributed by atoms with van der Waals surface area (Å²) in [4.78, 5) is 23.2. The van der Waals surface area contributed by atoms with Gasteiger partial charge in [0.25, 0.3) is 0 Å². The van der Waals surface area contributed by atoms with Gasteiger partial charge >= 0.3 is 11.9 Å². The number of hydrogen-bond acceptors (Lipinski definition) is 5. The first-order valence-corrected chi connectivity index (χ1v) is 10.8. The van der Waals surface area contributed by atoms with Crippen molar-refractivity contribution in [1.29, 1.82) is 0 Å². The van der Waals surface area contributed by atoms with Crippen LogP contribution in [0.4, 0.5) is 0 Å². The second kappa shape index (κ2) is 12.5. The predicted molar refractivity (Wildman–Crippen MR) is 123 cm³/mol. The smallest absolute Gasteiger partial charge is 0.414 e. The van der Waals surface area contributed by atoms with E-state index in [0.29, 0.717) is 0 Å². The average Bonchev–Trinajstić information content (AvgIpc) is 2.72. The highest BCUT2D eigenvalue weighted by molar-refractivity contribution is 14.1. The summed E-state index contributed by atoms with van der Waals surface area (Å²) in [6, 6.07) is 17.1. The molecule has 1 aliphatic rings. The lowest BCUT2D eigenvalue weighted by Crippen LogP contribution is -2.47. The molecule has 0 saturated carbocycles. The van der Waals surface area contributed by atoms with Crippen molar-refractivity contribution in [2.24, 2.45) is 0 Å². The maximum absolute atomic E-state index is 9.10. The summed E-state index contributed by atoms with van der Waals surface area (Å²) in [6.07, 6.45) is 0. The van der Waals surface area contributed by atoms with E-state index in [1.807, 2.05) is 0 Å². The van der Waals surface area contributed by atoms with Crippen LogP contribution in [0.5, 0.6) is 5.75 Å². The SMILES string of the molecule is Cc1ccc(OCCN2CCN(Cc3ccccc3)CC2)c(I)c1.O=C(O)C(=O)O. The third-order valence-corrected chi connectivity index (χ3v) is 5.49. The average molecular weight is 526 g/mol. The highest BCUT2D eigenvalue weighted by atomic mass is 127. The number of hydrogen-bond donors (Lipinski definition) is 2. The summed E-state index contributed by atoms with van der Waals surface area (Å²) in [5, 5.41) is 14.8. The van der Waals surface area contributed by atoms with Gasteiger partial charge in [-0.2, -0.15) is 0 Å². The summed E-state index contributed by atoms with van der Waals surface area (Å²) in [7, 11) is 0. The molecule has 1 aliphatic heterocycles. The molecule has 2 N–H and O–H groups in total. The van der Waals surface area contributed by atoms with E-state index in [2.05, 4.69) is 87.8 Å². The van der Waals surface area contributed by atoms with Crippen LogP contribution in [0, 0.1) is 10.5 Å². The molecule has 2 aromatic rings. The van der Waals surface area contributed by atoms with Gasteiger partial charge in [-0.25, -0.2) is 9.59 Å². The molecule has 0 unspecified atom stereocenters. The standard InChI is InChI=1S/C20H25IN2O.C2H2O4/c1-17-7-8-20(19(21)15-17)24-14-13-22-9-11-23(12-10-22)16-18-5-3-2-4-6-18;3-1(4)2(5)6/h2-8,15H,9-14,16H2,1H3;(H,3,4)(H,5,6). The number of rotatable bonds is 6. The maximum Gasteiger partial charge on any atom is 0.414 e. The lowest BCUT2D eigenvalue weighted by molar-refractivity contribution is -0.159. The van der Waals surface area contributed by atoms with Crippen molar-refractivity contribution in [1.82, 2.24) is 9.80 Å². The topological polar surface area (TPSA) is 90.3 Å². The molecule has 8 heteroatoms. The Morgan fingerprint density at radius 3 is 2.13 bits per heavy atom. The van der Waals surface area contributed by atoms with Gasteiger partial charge in [0, 0.05) is 39.3 Å². The normalized spacial score (nSPS) is 14.5. The first-order valence-electron chi connectivity index (χ1n) is 9.69. The number of aryl methyl sites for hydroxylation is 1. The van der Waals surface area contributed by atoms with E-state index in [0.717, 1.165) is 51.6 Å². The number of aliphatic carboxylic acids is 2. The molecule has 0 bridgehead atoms. The van der Waals surface area contributed by atoms with Crippen molar-refractivity contribution in [2.75, 3.05) is 39.3 Å². The number of piperazine rings is 1. The summed E-state index contributed by atoms with van der Waals surface area (Å²) < 4.78 is 7.15. The fourth-order valence-corrected chi connectivity index (χ4v) is 3.85. The van der Waals surface area contributed by atoms with E-state index in [1.54, 1.807) is 0 Å². The lowest BCUT2D eigenvalue weighted by atomic mass is 10.2. The largest absolute Gasteiger partial charge is 0.491 e. The minimum absolute atomic E-state index is 0.762. The molecule has 0 aromatic heterocycles. The van der Waals surface area contributed by atoms with Gasteiger partial charge in [0.15, 0.2) is 0 Å². The molecule has 1 saturated heterocycles. The van der Waals surface area contributed by atoms with Crippen molar-refractivity contribution < 1.29 is 24.5 Å². The van der Waals surface area contributed by atoms with E-state index in [-0.39, 0.29) is 0 Å². The van der Waals surface area contributed by atoms with Gasteiger partial charge in [-0.15, -0.1) is 0 Å². The minimum atomic E-state index is -1.82. The molecule has 30 heavy (non-hydrogen) atoms. The van der Waals surface area contributed by atoms with Crippen molar-refractivity contribution in [2.45, 2.75) is 13.5 Å². The Hall–Kier alpha value is -2.17. The summed E-state index contributed by atoms with van der Waals surface area (Å²) >= 11 is 2.35. The second-order valence-electron chi connectivity index (χ2n) is 7.00. The molecule has 1 fully saturated rings. The van der Waals surface area contributed by atoms with Crippen molar-refractivity contribution in [3.63, 3.8) is 0 Å². The molecular weight excluding hydrogens is 499 g/mol. The van der Waals surface area contributed by atoms with E-state index in [4.69, 9.17) is 24.5 Å². The number of carbonyl (C=O) groups is 2. The first kappa shape index (κ1) is 24.1. The van der Waals surface area contributed by atoms with Crippen LogP contribution in [0.25, 0.3) is 0 Å². The molecule has 0 amide bonds. The van der Waals surface area contributed by atoms with E-state index in [9.17, 15) is 0 Å². The highest BCUT2D eigenvalue weighted by Crippen LogP contribution is 2.21. The Morgan fingerprint density at radius 1 is 0.967 bits per heavy atom. The van der Waals surface area contributed by atoms with Crippen molar-refractivity contribution in [3.8, 4) is 5.75 Å². The molecular formula is C22H27IN2O5. The van der Waals surface area contributed by atoms with Gasteiger partial charge in [-0.1, -0.05) is 36.4 Å². The molecule has 0 aliphatic carbocycles. The number of carboxylic acid groups (broad SMARTS) is 2. The van der Waals surface area contributed by atoms with Crippen LogP contribution >= 0.6 is 22.6 Å². The molecule has 3 rings (SSSR count). The molecule has 1 heterocycles. The van der Waals surface area contributed by atoms with Gasteiger partial charge in [0.05, 0.1) is 3.57 Å². The van der Waals surface area contributed by atoms with Crippen LogP contribution < -0.4 is 4.74 Å².